The standard InChI is InChI=1S/C14H16N4OS/c1-17(2)13-7-11(15-9-16-13)14(19)18-5-3-12-10(8-18)4-6-20-12/h4,6-7,9H,3,5,8H2,1-2H3. The fraction of sp³-hybridized carbons (Fsp3) is 0.357. The van der Waals surface area contributed by atoms with Crippen molar-refractivity contribution in [1.29, 1.82) is 0 Å². The second-order valence-electron chi connectivity index (χ2n) is 5.00. The molecule has 6 heteroatoms. The van der Waals surface area contributed by atoms with Crippen molar-refractivity contribution in [3.63, 3.8) is 0 Å². The molecule has 0 aromatic carbocycles. The minimum Gasteiger partial charge on any atom is -0.363 e. The quantitative estimate of drug-likeness (QED) is 0.845. The van der Waals surface area contributed by atoms with Gasteiger partial charge >= 0.3 is 0 Å². The Morgan fingerprint density at radius 1 is 1.40 bits per heavy atom. The number of hydrogen-bond donors (Lipinski definition) is 0. The summed E-state index contributed by atoms with van der Waals surface area (Å²) in [5.41, 5.74) is 1.72. The van der Waals surface area contributed by atoms with Crippen molar-refractivity contribution in [2.75, 3.05) is 25.5 Å². The zero-order valence-corrected chi connectivity index (χ0v) is 12.4. The summed E-state index contributed by atoms with van der Waals surface area (Å²) in [5, 5.41) is 2.09. The van der Waals surface area contributed by atoms with Crippen LogP contribution in [0, 0.1) is 0 Å². The normalized spacial score (nSPS) is 14.0. The Bertz CT molecular complexity index is 638. The van der Waals surface area contributed by atoms with Crippen LogP contribution in [0.25, 0.3) is 0 Å². The van der Waals surface area contributed by atoms with Crippen molar-refractivity contribution in [3.8, 4) is 0 Å². The summed E-state index contributed by atoms with van der Waals surface area (Å²) in [4.78, 5) is 25.9. The topological polar surface area (TPSA) is 49.3 Å². The van der Waals surface area contributed by atoms with E-state index in [1.165, 1.54) is 16.8 Å². The van der Waals surface area contributed by atoms with Crippen LogP contribution < -0.4 is 4.90 Å². The molecule has 0 saturated heterocycles. The van der Waals surface area contributed by atoms with Gasteiger partial charge < -0.3 is 9.80 Å². The van der Waals surface area contributed by atoms with Gasteiger partial charge in [0.25, 0.3) is 5.91 Å². The molecule has 0 saturated carbocycles. The van der Waals surface area contributed by atoms with Crippen LogP contribution in [0.5, 0.6) is 0 Å². The molecule has 3 rings (SSSR count). The Hall–Kier alpha value is -1.95. The molecule has 104 valence electrons. The van der Waals surface area contributed by atoms with Crippen LogP contribution in [0.4, 0.5) is 5.82 Å². The highest BCUT2D eigenvalue weighted by Gasteiger charge is 2.23. The van der Waals surface area contributed by atoms with Gasteiger partial charge in [-0.15, -0.1) is 11.3 Å². The van der Waals surface area contributed by atoms with Gasteiger partial charge in [0, 0.05) is 38.1 Å². The lowest BCUT2D eigenvalue weighted by Gasteiger charge is -2.26. The second kappa shape index (κ2) is 5.20. The molecular weight excluding hydrogens is 272 g/mol. The van der Waals surface area contributed by atoms with E-state index in [1.807, 2.05) is 23.9 Å². The number of anilines is 1. The number of carbonyl (C=O) groups excluding carboxylic acids is 1. The van der Waals surface area contributed by atoms with Crippen LogP contribution in [-0.2, 0) is 13.0 Å². The molecule has 1 aliphatic rings. The number of carbonyl (C=O) groups is 1. The average molecular weight is 288 g/mol. The Morgan fingerprint density at radius 2 is 2.25 bits per heavy atom. The molecule has 2 aromatic rings. The van der Waals surface area contributed by atoms with E-state index in [0.29, 0.717) is 12.2 Å². The van der Waals surface area contributed by atoms with Crippen molar-refractivity contribution < 1.29 is 4.79 Å². The van der Waals surface area contributed by atoms with Crippen LogP contribution in [0.2, 0.25) is 0 Å². The van der Waals surface area contributed by atoms with Crippen LogP contribution in [0.3, 0.4) is 0 Å². The van der Waals surface area contributed by atoms with Crippen molar-refractivity contribution in [2.24, 2.45) is 0 Å². The highest BCUT2D eigenvalue weighted by molar-refractivity contribution is 7.10. The maximum Gasteiger partial charge on any atom is 0.272 e. The van der Waals surface area contributed by atoms with Gasteiger partial charge in [0.1, 0.15) is 17.8 Å². The molecule has 0 spiro atoms. The Morgan fingerprint density at radius 3 is 3.05 bits per heavy atom. The molecule has 0 unspecified atom stereocenters. The van der Waals surface area contributed by atoms with Gasteiger partial charge in [-0.1, -0.05) is 0 Å². The third kappa shape index (κ3) is 2.38. The molecule has 0 N–H and O–H groups in total. The lowest BCUT2D eigenvalue weighted by Crippen LogP contribution is -2.35. The summed E-state index contributed by atoms with van der Waals surface area (Å²) in [5.74, 6) is 0.726. The van der Waals surface area contributed by atoms with Crippen LogP contribution >= 0.6 is 11.3 Å². The number of fused-ring (bicyclic) bond motifs is 1. The van der Waals surface area contributed by atoms with Crippen molar-refractivity contribution in [3.05, 3.63) is 40.0 Å². The largest absolute Gasteiger partial charge is 0.363 e. The fourth-order valence-electron chi connectivity index (χ4n) is 2.29. The summed E-state index contributed by atoms with van der Waals surface area (Å²) in [6.45, 7) is 1.44. The molecule has 3 heterocycles. The summed E-state index contributed by atoms with van der Waals surface area (Å²) in [6.07, 6.45) is 2.38. The summed E-state index contributed by atoms with van der Waals surface area (Å²) < 4.78 is 0. The van der Waals surface area contributed by atoms with Crippen LogP contribution in [0.1, 0.15) is 20.9 Å². The van der Waals surface area contributed by atoms with E-state index < -0.39 is 0 Å². The smallest absolute Gasteiger partial charge is 0.272 e. The van der Waals surface area contributed by atoms with E-state index in [2.05, 4.69) is 21.4 Å². The maximum atomic E-state index is 12.5. The van der Waals surface area contributed by atoms with E-state index in [0.717, 1.165) is 18.8 Å². The van der Waals surface area contributed by atoms with Crippen LogP contribution in [0.15, 0.2) is 23.8 Å². The van der Waals surface area contributed by atoms with Gasteiger partial charge in [0.15, 0.2) is 0 Å². The third-order valence-corrected chi connectivity index (χ3v) is 4.45. The molecule has 5 nitrogen and oxygen atoms in total. The van der Waals surface area contributed by atoms with Gasteiger partial charge in [-0.2, -0.15) is 0 Å². The first kappa shape index (κ1) is 13.1. The zero-order chi connectivity index (χ0) is 14.1. The molecule has 0 aliphatic carbocycles. The molecule has 20 heavy (non-hydrogen) atoms. The predicted octanol–water partition coefficient (Wildman–Crippen LogP) is 1.80. The number of amides is 1. The molecule has 0 fully saturated rings. The van der Waals surface area contributed by atoms with Gasteiger partial charge in [-0.05, 0) is 23.4 Å². The monoisotopic (exact) mass is 288 g/mol. The molecule has 2 aromatic heterocycles. The SMILES string of the molecule is CN(C)c1cc(C(=O)N2CCc3sccc3C2)ncn1. The van der Waals surface area contributed by atoms with E-state index in [4.69, 9.17) is 0 Å². The molecular formula is C14H16N4OS. The Kier molecular flexibility index (Phi) is 3.40. The number of thiophene rings is 1. The first-order valence-electron chi connectivity index (χ1n) is 6.49. The Balaban J connectivity index is 1.81. The zero-order valence-electron chi connectivity index (χ0n) is 11.5. The maximum absolute atomic E-state index is 12.5. The summed E-state index contributed by atoms with van der Waals surface area (Å²) in [7, 11) is 3.80. The van der Waals surface area contributed by atoms with Gasteiger partial charge in [0.05, 0.1) is 0 Å². The number of rotatable bonds is 2. The number of nitrogens with zero attached hydrogens (tertiary/aromatic N) is 4. The highest BCUT2D eigenvalue weighted by atomic mass is 32.1. The van der Waals surface area contributed by atoms with E-state index >= 15 is 0 Å². The Labute approximate surface area is 121 Å². The van der Waals surface area contributed by atoms with Crippen molar-refractivity contribution >= 4 is 23.1 Å². The molecule has 0 radical (unpaired) electrons. The highest BCUT2D eigenvalue weighted by Crippen LogP contribution is 2.25. The van der Waals surface area contributed by atoms with Gasteiger partial charge in [0.2, 0.25) is 0 Å². The first-order valence-corrected chi connectivity index (χ1v) is 7.37. The number of hydrogen-bond acceptors (Lipinski definition) is 5. The minimum absolute atomic E-state index is 0.0210. The van der Waals surface area contributed by atoms with E-state index in [9.17, 15) is 4.79 Å². The molecule has 1 aliphatic heterocycles. The first-order chi connectivity index (χ1) is 9.65. The van der Waals surface area contributed by atoms with E-state index in [1.54, 1.807) is 17.4 Å². The van der Waals surface area contributed by atoms with Gasteiger partial charge in [-0.3, -0.25) is 4.79 Å². The molecule has 1 amide bonds. The van der Waals surface area contributed by atoms with Crippen molar-refractivity contribution in [1.82, 2.24) is 14.9 Å². The lowest BCUT2D eigenvalue weighted by molar-refractivity contribution is 0.0729. The lowest BCUT2D eigenvalue weighted by atomic mass is 10.1. The second-order valence-corrected chi connectivity index (χ2v) is 6.00. The van der Waals surface area contributed by atoms with Crippen LogP contribution in [-0.4, -0.2) is 41.4 Å². The number of aromatic nitrogens is 2. The summed E-state index contributed by atoms with van der Waals surface area (Å²) in [6, 6.07) is 3.84. The average Bonchev–Trinajstić information content (AvgIpc) is 2.94. The molecule has 0 bridgehead atoms. The summed E-state index contributed by atoms with van der Waals surface area (Å²) >= 11 is 1.77. The van der Waals surface area contributed by atoms with Crippen molar-refractivity contribution in [2.45, 2.75) is 13.0 Å². The fourth-order valence-corrected chi connectivity index (χ4v) is 3.18. The van der Waals surface area contributed by atoms with Gasteiger partial charge in [-0.25, -0.2) is 9.97 Å². The minimum atomic E-state index is -0.0210. The molecule has 0 atom stereocenters. The third-order valence-electron chi connectivity index (χ3n) is 3.42. The van der Waals surface area contributed by atoms with E-state index in [-0.39, 0.29) is 5.91 Å². The predicted molar refractivity (Wildman–Crippen MR) is 79.1 cm³/mol.